The molecule has 1 atom stereocenters. The fourth-order valence-corrected chi connectivity index (χ4v) is 1.96. The van der Waals surface area contributed by atoms with Gasteiger partial charge in [-0.15, -0.1) is 12.4 Å². The van der Waals surface area contributed by atoms with E-state index >= 15 is 0 Å². The highest BCUT2D eigenvalue weighted by Crippen LogP contribution is 2.25. The van der Waals surface area contributed by atoms with Gasteiger partial charge in [0.1, 0.15) is 11.5 Å². The number of carbonyl (C=O) groups excluding carboxylic acids is 1. The van der Waals surface area contributed by atoms with Gasteiger partial charge in [0.05, 0.1) is 19.8 Å². The number of nitrogens with zero attached hydrogens (tertiary/aromatic N) is 1. The predicted molar refractivity (Wildman–Crippen MR) is 91.2 cm³/mol. The largest absolute Gasteiger partial charge is 0.497 e. The molecular formula is C16H27ClN2O3. The van der Waals surface area contributed by atoms with Gasteiger partial charge in [-0.2, -0.15) is 0 Å². The quantitative estimate of drug-likeness (QED) is 0.834. The van der Waals surface area contributed by atoms with Crippen LogP contribution < -0.4 is 15.2 Å². The number of nitrogens with two attached hydrogens (primary N) is 1. The summed E-state index contributed by atoms with van der Waals surface area (Å²) in [6.07, 6.45) is 0.770. The molecule has 0 aromatic heterocycles. The molecule has 5 nitrogen and oxygen atoms in total. The van der Waals surface area contributed by atoms with E-state index in [-0.39, 0.29) is 24.4 Å². The normalized spacial score (nSPS) is 11.6. The summed E-state index contributed by atoms with van der Waals surface area (Å²) >= 11 is 0. The van der Waals surface area contributed by atoms with Gasteiger partial charge in [-0.3, -0.25) is 4.79 Å². The number of ether oxygens (including phenoxy) is 2. The van der Waals surface area contributed by atoms with Crippen molar-refractivity contribution in [3.05, 3.63) is 23.8 Å². The Kier molecular flexibility index (Phi) is 8.90. The van der Waals surface area contributed by atoms with Gasteiger partial charge < -0.3 is 20.1 Å². The van der Waals surface area contributed by atoms with Gasteiger partial charge in [0.25, 0.3) is 5.91 Å². The molecule has 22 heavy (non-hydrogen) atoms. The summed E-state index contributed by atoms with van der Waals surface area (Å²) in [6, 6.07) is 5.29. The minimum atomic E-state index is -0.0956. The van der Waals surface area contributed by atoms with Crippen molar-refractivity contribution in [2.45, 2.75) is 26.3 Å². The summed E-state index contributed by atoms with van der Waals surface area (Å²) < 4.78 is 10.4. The van der Waals surface area contributed by atoms with Crippen molar-refractivity contribution in [1.82, 2.24) is 4.90 Å². The Labute approximate surface area is 139 Å². The van der Waals surface area contributed by atoms with E-state index < -0.39 is 0 Å². The van der Waals surface area contributed by atoms with Crippen LogP contribution in [0.3, 0.4) is 0 Å². The smallest absolute Gasteiger partial charge is 0.257 e. The summed E-state index contributed by atoms with van der Waals surface area (Å²) in [5.74, 6) is 1.48. The van der Waals surface area contributed by atoms with E-state index in [4.69, 9.17) is 15.2 Å². The lowest BCUT2D eigenvalue weighted by Gasteiger charge is -2.22. The van der Waals surface area contributed by atoms with Gasteiger partial charge in [0.2, 0.25) is 0 Å². The van der Waals surface area contributed by atoms with E-state index in [1.54, 1.807) is 44.4 Å². The third-order valence-corrected chi connectivity index (χ3v) is 3.64. The molecule has 6 heteroatoms. The molecule has 0 saturated carbocycles. The number of hydrogen-bond acceptors (Lipinski definition) is 4. The predicted octanol–water partition coefficient (Wildman–Crippen LogP) is 2.57. The number of rotatable bonds is 7. The molecule has 0 aliphatic rings. The number of amides is 1. The zero-order valence-corrected chi connectivity index (χ0v) is 14.8. The Morgan fingerprint density at radius 2 is 1.91 bits per heavy atom. The lowest BCUT2D eigenvalue weighted by molar-refractivity contribution is 0.0785. The number of carbonyl (C=O) groups is 1. The number of benzene rings is 1. The molecule has 1 aromatic carbocycles. The van der Waals surface area contributed by atoms with Gasteiger partial charge in [-0.05, 0) is 30.5 Å². The summed E-state index contributed by atoms with van der Waals surface area (Å²) in [5, 5.41) is 0. The second-order valence-electron chi connectivity index (χ2n) is 5.49. The van der Waals surface area contributed by atoms with Crippen molar-refractivity contribution in [2.24, 2.45) is 11.7 Å². The van der Waals surface area contributed by atoms with Gasteiger partial charge >= 0.3 is 0 Å². The molecule has 0 heterocycles. The molecule has 0 fully saturated rings. The molecule has 0 radical (unpaired) electrons. The zero-order valence-electron chi connectivity index (χ0n) is 14.0. The van der Waals surface area contributed by atoms with Crippen LogP contribution in [0.15, 0.2) is 18.2 Å². The second kappa shape index (κ2) is 9.54. The molecule has 0 bridgehead atoms. The summed E-state index contributed by atoms with van der Waals surface area (Å²) in [6.45, 7) is 4.77. The average molecular weight is 331 g/mol. The van der Waals surface area contributed by atoms with Crippen molar-refractivity contribution in [2.75, 3.05) is 27.8 Å². The van der Waals surface area contributed by atoms with Crippen molar-refractivity contribution in [1.29, 1.82) is 0 Å². The molecule has 2 N–H and O–H groups in total. The van der Waals surface area contributed by atoms with Crippen molar-refractivity contribution >= 4 is 18.3 Å². The molecule has 1 aromatic rings. The maximum absolute atomic E-state index is 12.5. The van der Waals surface area contributed by atoms with Crippen LogP contribution in [0.25, 0.3) is 0 Å². The van der Waals surface area contributed by atoms with Crippen LogP contribution in [0, 0.1) is 5.92 Å². The SMILES string of the molecule is COc1ccc(OC)c(C(=O)N(C)CCC(N)C(C)C)c1.Cl. The van der Waals surface area contributed by atoms with Crippen LogP contribution in [-0.2, 0) is 0 Å². The first-order valence-electron chi connectivity index (χ1n) is 7.13. The number of methoxy groups -OCH3 is 2. The van der Waals surface area contributed by atoms with Gasteiger partial charge in [0.15, 0.2) is 0 Å². The molecular weight excluding hydrogens is 304 g/mol. The topological polar surface area (TPSA) is 64.8 Å². The van der Waals surface area contributed by atoms with Crippen LogP contribution in [0.2, 0.25) is 0 Å². The number of halogens is 1. The van der Waals surface area contributed by atoms with E-state index in [1.807, 2.05) is 0 Å². The average Bonchev–Trinajstić information content (AvgIpc) is 2.50. The van der Waals surface area contributed by atoms with Crippen molar-refractivity contribution in [3.8, 4) is 11.5 Å². The highest BCUT2D eigenvalue weighted by atomic mass is 35.5. The van der Waals surface area contributed by atoms with E-state index in [9.17, 15) is 4.79 Å². The van der Waals surface area contributed by atoms with Crippen molar-refractivity contribution in [3.63, 3.8) is 0 Å². The second-order valence-corrected chi connectivity index (χ2v) is 5.49. The van der Waals surface area contributed by atoms with Gasteiger partial charge in [0, 0.05) is 19.6 Å². The fourth-order valence-electron chi connectivity index (χ4n) is 1.96. The van der Waals surface area contributed by atoms with Crippen LogP contribution in [0.5, 0.6) is 11.5 Å². The minimum absolute atomic E-state index is 0. The Morgan fingerprint density at radius 3 is 2.41 bits per heavy atom. The molecule has 1 rings (SSSR count). The van der Waals surface area contributed by atoms with Gasteiger partial charge in [-0.1, -0.05) is 13.8 Å². The molecule has 0 aliphatic heterocycles. The summed E-state index contributed by atoms with van der Waals surface area (Å²) in [5.41, 5.74) is 6.52. The Bertz CT molecular complexity index is 480. The summed E-state index contributed by atoms with van der Waals surface area (Å²) in [7, 11) is 4.89. The highest BCUT2D eigenvalue weighted by Gasteiger charge is 2.18. The lowest BCUT2D eigenvalue weighted by atomic mass is 10.0. The van der Waals surface area contributed by atoms with E-state index in [0.29, 0.717) is 29.5 Å². The third kappa shape index (κ3) is 5.39. The van der Waals surface area contributed by atoms with E-state index in [2.05, 4.69) is 13.8 Å². The zero-order chi connectivity index (χ0) is 16.0. The standard InChI is InChI=1S/C16H26N2O3.ClH/c1-11(2)14(17)8-9-18(3)16(19)13-10-12(20-4)6-7-15(13)21-5;/h6-7,10-11,14H,8-9,17H2,1-5H3;1H. The maximum atomic E-state index is 12.5. The molecule has 1 amide bonds. The molecule has 0 spiro atoms. The molecule has 0 saturated heterocycles. The van der Waals surface area contributed by atoms with E-state index in [0.717, 1.165) is 6.42 Å². The maximum Gasteiger partial charge on any atom is 0.257 e. The molecule has 126 valence electrons. The van der Waals surface area contributed by atoms with Crippen LogP contribution in [0.4, 0.5) is 0 Å². The first-order valence-corrected chi connectivity index (χ1v) is 7.13. The van der Waals surface area contributed by atoms with E-state index in [1.165, 1.54) is 0 Å². The first-order chi connectivity index (χ1) is 9.90. The monoisotopic (exact) mass is 330 g/mol. The Hall–Kier alpha value is -1.46. The van der Waals surface area contributed by atoms with Crippen molar-refractivity contribution < 1.29 is 14.3 Å². The minimum Gasteiger partial charge on any atom is -0.497 e. The van der Waals surface area contributed by atoms with Crippen LogP contribution in [-0.4, -0.2) is 44.7 Å². The third-order valence-electron chi connectivity index (χ3n) is 3.64. The molecule has 0 aliphatic carbocycles. The molecule has 1 unspecified atom stereocenters. The first kappa shape index (κ1) is 20.5. The highest BCUT2D eigenvalue weighted by molar-refractivity contribution is 5.97. The fraction of sp³-hybridized carbons (Fsp3) is 0.562. The number of hydrogen-bond donors (Lipinski definition) is 1. The Morgan fingerprint density at radius 1 is 1.27 bits per heavy atom. The van der Waals surface area contributed by atoms with Gasteiger partial charge in [-0.25, -0.2) is 0 Å². The Balaban J connectivity index is 0.00000441. The van der Waals surface area contributed by atoms with Crippen LogP contribution >= 0.6 is 12.4 Å². The summed E-state index contributed by atoms with van der Waals surface area (Å²) in [4.78, 5) is 14.2. The van der Waals surface area contributed by atoms with Crippen LogP contribution in [0.1, 0.15) is 30.6 Å². The lowest BCUT2D eigenvalue weighted by Crippen LogP contribution is -2.34.